The molecule has 1 amide bonds. The first-order valence-corrected chi connectivity index (χ1v) is 7.85. The Labute approximate surface area is 140 Å². The molecule has 24 heavy (non-hydrogen) atoms. The Morgan fingerprint density at radius 3 is 2.96 bits per heavy atom. The summed E-state index contributed by atoms with van der Waals surface area (Å²) in [6.07, 6.45) is 3.01. The quantitative estimate of drug-likeness (QED) is 0.878. The maximum absolute atomic E-state index is 11.0. The molecule has 1 N–H and O–H groups in total. The normalized spacial score (nSPS) is 23.2. The second-order valence-corrected chi connectivity index (χ2v) is 5.55. The average molecular weight is 331 g/mol. The van der Waals surface area contributed by atoms with Crippen LogP contribution in [0.4, 0.5) is 0 Å². The number of amidine groups is 1. The lowest BCUT2D eigenvalue weighted by Crippen LogP contribution is -2.38. The predicted octanol–water partition coefficient (Wildman–Crippen LogP) is 1.22. The molecule has 3 rings (SSSR count). The van der Waals surface area contributed by atoms with Gasteiger partial charge in [-0.25, -0.2) is 4.99 Å². The number of ether oxygens (including phenoxy) is 3. The lowest BCUT2D eigenvalue weighted by atomic mass is 10.2. The first-order valence-electron chi connectivity index (χ1n) is 7.85. The second-order valence-electron chi connectivity index (χ2n) is 5.55. The number of rotatable bonds is 5. The van der Waals surface area contributed by atoms with Crippen LogP contribution in [0, 0.1) is 0 Å². The van der Waals surface area contributed by atoms with Gasteiger partial charge in [-0.1, -0.05) is 30.3 Å². The molecule has 0 aromatic heterocycles. The summed E-state index contributed by atoms with van der Waals surface area (Å²) in [6, 6.07) is 9.97. The van der Waals surface area contributed by atoms with Crippen LogP contribution in [0.2, 0.25) is 0 Å². The summed E-state index contributed by atoms with van der Waals surface area (Å²) in [6.45, 7) is 3.23. The Balaban J connectivity index is 1.39. The highest BCUT2D eigenvalue weighted by molar-refractivity contribution is 6.03. The van der Waals surface area contributed by atoms with E-state index in [1.54, 1.807) is 6.08 Å². The monoisotopic (exact) mass is 331 g/mol. The maximum Gasteiger partial charge on any atom is 0.222 e. The van der Waals surface area contributed by atoms with Crippen molar-refractivity contribution in [3.05, 3.63) is 48.2 Å². The van der Waals surface area contributed by atoms with E-state index in [-0.39, 0.29) is 18.4 Å². The molecule has 1 unspecified atom stereocenters. The number of carbonyl (C=O) groups is 1. The molecule has 1 fully saturated rings. The van der Waals surface area contributed by atoms with E-state index in [2.05, 4.69) is 10.3 Å². The van der Waals surface area contributed by atoms with Crippen LogP contribution in [0.15, 0.2) is 47.6 Å². The molecule has 0 aliphatic carbocycles. The standard InChI is InChI=1S/C17H21N3O4/c1-13(21)19-15-7-8-20(12-18-15)16-10-23-17(24-16)11-22-9-14-5-3-2-4-6-14/h2-8,16-17H,9-12H2,1H3,(H,18,19,21)/t16-,17?/m0/s1. The Bertz CT molecular complexity index is 618. The lowest BCUT2D eigenvalue weighted by Gasteiger charge is -2.26. The number of nitrogens with zero attached hydrogens (tertiary/aromatic N) is 2. The van der Waals surface area contributed by atoms with E-state index in [9.17, 15) is 4.79 Å². The molecule has 0 radical (unpaired) electrons. The Morgan fingerprint density at radius 2 is 2.25 bits per heavy atom. The minimum atomic E-state index is -0.382. The number of benzene rings is 1. The minimum absolute atomic E-state index is 0.136. The predicted molar refractivity (Wildman–Crippen MR) is 87.8 cm³/mol. The highest BCUT2D eigenvalue weighted by Gasteiger charge is 2.30. The van der Waals surface area contributed by atoms with Crippen molar-refractivity contribution < 1.29 is 19.0 Å². The lowest BCUT2D eigenvalue weighted by molar-refractivity contribution is -0.123. The fourth-order valence-electron chi connectivity index (χ4n) is 2.42. The SMILES string of the molecule is CC(=O)NC1=NCN([C@@H]2COC(COCc3ccccc3)O2)C=C1. The summed E-state index contributed by atoms with van der Waals surface area (Å²) in [5.74, 6) is 0.420. The molecular formula is C17H21N3O4. The van der Waals surface area contributed by atoms with Gasteiger partial charge in [-0.15, -0.1) is 0 Å². The topological polar surface area (TPSA) is 72.4 Å². The zero-order valence-electron chi connectivity index (χ0n) is 13.6. The molecule has 7 heteroatoms. The van der Waals surface area contributed by atoms with Gasteiger partial charge >= 0.3 is 0 Å². The van der Waals surface area contributed by atoms with Crippen molar-refractivity contribution in [3.63, 3.8) is 0 Å². The van der Waals surface area contributed by atoms with Crippen LogP contribution in [-0.4, -0.2) is 49.0 Å². The van der Waals surface area contributed by atoms with Crippen molar-refractivity contribution in [2.75, 3.05) is 19.9 Å². The number of carbonyl (C=O) groups excluding carboxylic acids is 1. The van der Waals surface area contributed by atoms with Gasteiger partial charge in [-0.2, -0.15) is 0 Å². The van der Waals surface area contributed by atoms with E-state index >= 15 is 0 Å². The second kappa shape index (κ2) is 8.05. The van der Waals surface area contributed by atoms with E-state index < -0.39 is 0 Å². The molecule has 7 nitrogen and oxygen atoms in total. The van der Waals surface area contributed by atoms with Crippen LogP contribution < -0.4 is 5.32 Å². The van der Waals surface area contributed by atoms with Gasteiger partial charge in [0, 0.05) is 13.1 Å². The fraction of sp³-hybridized carbons (Fsp3) is 0.412. The van der Waals surface area contributed by atoms with E-state index in [1.807, 2.05) is 41.4 Å². The molecular weight excluding hydrogens is 310 g/mol. The Morgan fingerprint density at radius 1 is 1.42 bits per heavy atom. The van der Waals surface area contributed by atoms with E-state index in [1.165, 1.54) is 6.92 Å². The largest absolute Gasteiger partial charge is 0.371 e. The fourth-order valence-corrected chi connectivity index (χ4v) is 2.42. The third-order valence-corrected chi connectivity index (χ3v) is 3.60. The van der Waals surface area contributed by atoms with E-state index in [4.69, 9.17) is 14.2 Å². The van der Waals surface area contributed by atoms with Gasteiger partial charge in [0.25, 0.3) is 0 Å². The van der Waals surface area contributed by atoms with Crippen LogP contribution in [-0.2, 0) is 25.6 Å². The van der Waals surface area contributed by atoms with Crippen LogP contribution in [0.3, 0.4) is 0 Å². The van der Waals surface area contributed by atoms with Gasteiger partial charge in [-0.3, -0.25) is 4.79 Å². The smallest absolute Gasteiger partial charge is 0.222 e. The van der Waals surface area contributed by atoms with Gasteiger partial charge in [0.1, 0.15) is 12.5 Å². The third kappa shape index (κ3) is 4.64. The number of amides is 1. The summed E-state index contributed by atoms with van der Waals surface area (Å²) < 4.78 is 17.1. The number of hydrogen-bond donors (Lipinski definition) is 1. The molecule has 1 aromatic rings. The van der Waals surface area contributed by atoms with Crippen molar-refractivity contribution in [2.45, 2.75) is 26.0 Å². The van der Waals surface area contributed by atoms with Crippen LogP contribution in [0.1, 0.15) is 12.5 Å². The molecule has 0 bridgehead atoms. The summed E-state index contributed by atoms with van der Waals surface area (Å²) in [7, 11) is 0. The van der Waals surface area contributed by atoms with Crippen LogP contribution in [0.5, 0.6) is 0 Å². The zero-order valence-corrected chi connectivity index (χ0v) is 13.6. The summed E-state index contributed by atoms with van der Waals surface area (Å²) in [5, 5.41) is 2.65. The zero-order chi connectivity index (χ0) is 16.8. The van der Waals surface area contributed by atoms with Crippen molar-refractivity contribution in [2.24, 2.45) is 4.99 Å². The van der Waals surface area contributed by atoms with Gasteiger partial charge in [-0.05, 0) is 11.6 Å². The number of nitrogens with one attached hydrogen (secondary N) is 1. The molecule has 1 saturated heterocycles. The average Bonchev–Trinajstić information content (AvgIpc) is 3.05. The molecule has 128 valence electrons. The molecule has 2 atom stereocenters. The molecule has 2 aliphatic heterocycles. The summed E-state index contributed by atoms with van der Waals surface area (Å²) in [4.78, 5) is 17.2. The molecule has 1 aromatic carbocycles. The Hall–Kier alpha value is -2.22. The highest BCUT2D eigenvalue weighted by Crippen LogP contribution is 2.18. The van der Waals surface area contributed by atoms with E-state index in [0.29, 0.717) is 32.3 Å². The summed E-state index contributed by atoms with van der Waals surface area (Å²) in [5.41, 5.74) is 1.12. The molecule has 0 saturated carbocycles. The molecule has 2 heterocycles. The van der Waals surface area contributed by atoms with Crippen molar-refractivity contribution in [1.29, 1.82) is 0 Å². The third-order valence-electron chi connectivity index (χ3n) is 3.60. The first kappa shape index (κ1) is 16.6. The van der Waals surface area contributed by atoms with Gasteiger partial charge in [0.15, 0.2) is 12.5 Å². The molecule has 0 spiro atoms. The van der Waals surface area contributed by atoms with Gasteiger partial charge in [0.05, 0.1) is 19.8 Å². The Kier molecular flexibility index (Phi) is 5.58. The highest BCUT2D eigenvalue weighted by atomic mass is 16.7. The van der Waals surface area contributed by atoms with Crippen molar-refractivity contribution >= 4 is 11.7 Å². The molecule has 2 aliphatic rings. The van der Waals surface area contributed by atoms with Crippen LogP contribution >= 0.6 is 0 Å². The van der Waals surface area contributed by atoms with E-state index in [0.717, 1.165) is 5.56 Å². The minimum Gasteiger partial charge on any atom is -0.371 e. The van der Waals surface area contributed by atoms with Gasteiger partial charge in [0.2, 0.25) is 5.91 Å². The maximum atomic E-state index is 11.0. The number of aliphatic imine (C=N–C) groups is 1. The van der Waals surface area contributed by atoms with Crippen molar-refractivity contribution in [1.82, 2.24) is 10.2 Å². The van der Waals surface area contributed by atoms with Gasteiger partial charge < -0.3 is 24.4 Å². The van der Waals surface area contributed by atoms with Crippen LogP contribution in [0.25, 0.3) is 0 Å². The summed E-state index contributed by atoms with van der Waals surface area (Å²) >= 11 is 0. The van der Waals surface area contributed by atoms with Crippen molar-refractivity contribution in [3.8, 4) is 0 Å². The number of hydrogen-bond acceptors (Lipinski definition) is 6. The first-order chi connectivity index (χ1) is 11.7.